The van der Waals surface area contributed by atoms with Crippen molar-refractivity contribution in [3.05, 3.63) is 0 Å². The van der Waals surface area contributed by atoms with Gasteiger partial charge >= 0.3 is 0 Å². The van der Waals surface area contributed by atoms with Crippen LogP contribution < -0.4 is 0 Å². The van der Waals surface area contributed by atoms with Crippen molar-refractivity contribution < 1.29 is 9.47 Å². The Bertz CT molecular complexity index is 184. The van der Waals surface area contributed by atoms with Gasteiger partial charge in [-0.1, -0.05) is 20.3 Å². The molecule has 2 fully saturated rings. The van der Waals surface area contributed by atoms with Gasteiger partial charge in [0.2, 0.25) is 0 Å². The second kappa shape index (κ2) is 6.58. The Hall–Kier alpha value is -0.120. The van der Waals surface area contributed by atoms with Gasteiger partial charge in [0, 0.05) is 20.2 Å². The van der Waals surface area contributed by atoms with Crippen LogP contribution in [0.2, 0.25) is 0 Å². The van der Waals surface area contributed by atoms with E-state index in [1.807, 2.05) is 7.11 Å². The summed E-state index contributed by atoms with van der Waals surface area (Å²) in [6.07, 6.45) is 3.56. The highest BCUT2D eigenvalue weighted by molar-refractivity contribution is 4.88. The molecule has 0 aliphatic carbocycles. The van der Waals surface area contributed by atoms with Gasteiger partial charge in [0.25, 0.3) is 0 Å². The quantitative estimate of drug-likeness (QED) is 0.725. The molecule has 0 amide bonds. The molecule has 0 aromatic rings. The highest BCUT2D eigenvalue weighted by Gasteiger charge is 2.34. The maximum Gasteiger partial charge on any atom is 0.0675 e. The molecule has 0 radical (unpaired) electrons. The van der Waals surface area contributed by atoms with Crippen LogP contribution in [0.4, 0.5) is 0 Å². The number of hydrogen-bond donors (Lipinski definition) is 0. The van der Waals surface area contributed by atoms with Crippen LogP contribution in [0.3, 0.4) is 0 Å². The van der Waals surface area contributed by atoms with Gasteiger partial charge in [-0.15, -0.1) is 0 Å². The van der Waals surface area contributed by atoms with Crippen molar-refractivity contribution in [1.82, 2.24) is 4.90 Å². The zero-order chi connectivity index (χ0) is 12.0. The van der Waals surface area contributed by atoms with Gasteiger partial charge in [-0.25, -0.2) is 0 Å². The fraction of sp³-hybridized carbons (Fsp3) is 1.00. The van der Waals surface area contributed by atoms with Gasteiger partial charge in [0.15, 0.2) is 0 Å². The van der Waals surface area contributed by atoms with Gasteiger partial charge in [-0.3, -0.25) is 4.90 Å². The third-order valence-electron chi connectivity index (χ3n) is 3.49. The van der Waals surface area contributed by atoms with Crippen molar-refractivity contribution in [2.24, 2.45) is 0 Å². The Balaban J connectivity index is 0.000000386. The fourth-order valence-electron chi connectivity index (χ4n) is 2.00. The summed E-state index contributed by atoms with van der Waals surface area (Å²) in [5.41, 5.74) is 0.126. The van der Waals surface area contributed by atoms with Gasteiger partial charge in [0.05, 0.1) is 24.9 Å². The zero-order valence-corrected chi connectivity index (χ0v) is 11.3. The lowest BCUT2D eigenvalue weighted by Crippen LogP contribution is -2.54. The van der Waals surface area contributed by atoms with Crippen LogP contribution in [-0.4, -0.2) is 50.0 Å². The molecule has 2 heterocycles. The lowest BCUT2D eigenvalue weighted by atomic mass is 9.92. The highest BCUT2D eigenvalue weighted by Crippen LogP contribution is 2.27. The summed E-state index contributed by atoms with van der Waals surface area (Å²) in [4.78, 5) is 2.53. The summed E-state index contributed by atoms with van der Waals surface area (Å²) >= 11 is 0. The molecular weight excluding hydrogens is 202 g/mol. The SMILES string of the molecule is CCC.COC1(C)CCN(C2COC2)CC1. The van der Waals surface area contributed by atoms with E-state index >= 15 is 0 Å². The van der Waals surface area contributed by atoms with Crippen molar-refractivity contribution in [1.29, 1.82) is 0 Å². The number of likely N-dealkylation sites (tertiary alicyclic amines) is 1. The minimum Gasteiger partial charge on any atom is -0.378 e. The molecule has 2 aliphatic heterocycles. The van der Waals surface area contributed by atoms with Crippen LogP contribution in [0.15, 0.2) is 0 Å². The van der Waals surface area contributed by atoms with Crippen LogP contribution in [-0.2, 0) is 9.47 Å². The molecule has 3 heteroatoms. The van der Waals surface area contributed by atoms with Crippen molar-refractivity contribution in [3.8, 4) is 0 Å². The Morgan fingerprint density at radius 1 is 1.25 bits per heavy atom. The molecule has 0 unspecified atom stereocenters. The topological polar surface area (TPSA) is 21.7 Å². The maximum absolute atomic E-state index is 5.50. The summed E-state index contributed by atoms with van der Waals surface area (Å²) in [6, 6.07) is 0.696. The van der Waals surface area contributed by atoms with E-state index in [1.54, 1.807) is 0 Å². The van der Waals surface area contributed by atoms with Crippen LogP contribution in [0.1, 0.15) is 40.0 Å². The molecule has 0 N–H and O–H groups in total. The van der Waals surface area contributed by atoms with E-state index < -0.39 is 0 Å². The summed E-state index contributed by atoms with van der Waals surface area (Å²) in [6.45, 7) is 10.7. The van der Waals surface area contributed by atoms with E-state index in [4.69, 9.17) is 9.47 Å². The molecule has 0 atom stereocenters. The summed E-state index contributed by atoms with van der Waals surface area (Å²) in [7, 11) is 1.82. The van der Waals surface area contributed by atoms with Crippen molar-refractivity contribution in [2.45, 2.75) is 51.7 Å². The number of nitrogens with zero attached hydrogens (tertiary/aromatic N) is 1. The van der Waals surface area contributed by atoms with E-state index in [0.29, 0.717) is 6.04 Å². The number of hydrogen-bond acceptors (Lipinski definition) is 3. The average molecular weight is 229 g/mol. The van der Waals surface area contributed by atoms with Crippen LogP contribution in [0.5, 0.6) is 0 Å². The first-order valence-corrected chi connectivity index (χ1v) is 6.52. The van der Waals surface area contributed by atoms with E-state index in [-0.39, 0.29) is 5.60 Å². The molecule has 0 saturated carbocycles. The maximum atomic E-state index is 5.50. The lowest BCUT2D eigenvalue weighted by molar-refractivity contribution is -0.104. The standard InChI is InChI=1S/C10H19NO2.C3H8/c1-10(12-2)3-5-11(6-4-10)9-7-13-8-9;1-3-2/h9H,3-8H2,1-2H3;3H2,1-2H3. The fourth-order valence-corrected chi connectivity index (χ4v) is 2.00. The first-order chi connectivity index (χ1) is 7.65. The third-order valence-corrected chi connectivity index (χ3v) is 3.49. The molecule has 2 aliphatic rings. The predicted octanol–water partition coefficient (Wildman–Crippen LogP) is 2.30. The molecule has 0 bridgehead atoms. The summed E-state index contributed by atoms with van der Waals surface area (Å²) < 4.78 is 10.7. The molecule has 0 aromatic heterocycles. The zero-order valence-electron chi connectivity index (χ0n) is 11.3. The first-order valence-electron chi connectivity index (χ1n) is 6.52. The van der Waals surface area contributed by atoms with E-state index in [1.165, 1.54) is 19.5 Å². The normalized spacial score (nSPS) is 25.5. The minimum atomic E-state index is 0.126. The third kappa shape index (κ3) is 3.72. The molecule has 16 heavy (non-hydrogen) atoms. The first kappa shape index (κ1) is 13.9. The molecule has 0 spiro atoms. The van der Waals surface area contributed by atoms with Crippen LogP contribution in [0, 0.1) is 0 Å². The molecule has 2 saturated heterocycles. The van der Waals surface area contributed by atoms with Gasteiger partial charge in [-0.2, -0.15) is 0 Å². The van der Waals surface area contributed by atoms with E-state index in [2.05, 4.69) is 25.7 Å². The number of rotatable bonds is 2. The smallest absolute Gasteiger partial charge is 0.0675 e. The summed E-state index contributed by atoms with van der Waals surface area (Å²) in [5, 5.41) is 0. The van der Waals surface area contributed by atoms with Gasteiger partial charge in [-0.05, 0) is 19.8 Å². The average Bonchev–Trinajstić information content (AvgIpc) is 2.20. The van der Waals surface area contributed by atoms with E-state index in [0.717, 1.165) is 26.1 Å². The Morgan fingerprint density at radius 3 is 2.06 bits per heavy atom. The molecule has 3 nitrogen and oxygen atoms in total. The molecule has 2 rings (SSSR count). The Kier molecular flexibility index (Phi) is 5.73. The monoisotopic (exact) mass is 229 g/mol. The largest absolute Gasteiger partial charge is 0.378 e. The second-order valence-corrected chi connectivity index (χ2v) is 5.09. The van der Waals surface area contributed by atoms with Crippen molar-refractivity contribution in [3.63, 3.8) is 0 Å². The minimum absolute atomic E-state index is 0.126. The molecule has 96 valence electrons. The second-order valence-electron chi connectivity index (χ2n) is 5.09. The number of piperidine rings is 1. The van der Waals surface area contributed by atoms with E-state index in [9.17, 15) is 0 Å². The Labute approximate surface area is 100 Å². The number of ether oxygens (including phenoxy) is 2. The molecule has 0 aromatic carbocycles. The van der Waals surface area contributed by atoms with Crippen molar-refractivity contribution >= 4 is 0 Å². The van der Waals surface area contributed by atoms with Gasteiger partial charge in [0.1, 0.15) is 0 Å². The van der Waals surface area contributed by atoms with Gasteiger partial charge < -0.3 is 9.47 Å². The molecular formula is C13H27NO2. The highest BCUT2D eigenvalue weighted by atomic mass is 16.5. The van der Waals surface area contributed by atoms with Crippen LogP contribution in [0.25, 0.3) is 0 Å². The predicted molar refractivity (Wildman–Crippen MR) is 66.8 cm³/mol. The Morgan fingerprint density at radius 2 is 1.75 bits per heavy atom. The van der Waals surface area contributed by atoms with Crippen molar-refractivity contribution in [2.75, 3.05) is 33.4 Å². The van der Waals surface area contributed by atoms with Crippen LogP contribution >= 0.6 is 0 Å². The lowest BCUT2D eigenvalue weighted by Gasteiger charge is -2.44. The number of methoxy groups -OCH3 is 1. The summed E-state index contributed by atoms with van der Waals surface area (Å²) in [5.74, 6) is 0.